The van der Waals surface area contributed by atoms with E-state index in [1.54, 1.807) is 18.3 Å². The fourth-order valence-corrected chi connectivity index (χ4v) is 2.51. The molecular formula is C21H18N2O2. The molecule has 2 N–H and O–H groups in total. The van der Waals surface area contributed by atoms with Crippen molar-refractivity contribution in [3.63, 3.8) is 0 Å². The van der Waals surface area contributed by atoms with Crippen molar-refractivity contribution in [1.82, 2.24) is 5.43 Å². The Morgan fingerprint density at radius 2 is 1.64 bits per heavy atom. The first kappa shape index (κ1) is 16.5. The van der Waals surface area contributed by atoms with Crippen LogP contribution in [0.15, 0.2) is 77.4 Å². The number of hydrogen-bond acceptors (Lipinski definition) is 3. The number of carbonyl (C=O) groups is 1. The van der Waals surface area contributed by atoms with Gasteiger partial charge in [-0.2, -0.15) is 5.10 Å². The molecule has 0 aromatic heterocycles. The van der Waals surface area contributed by atoms with Gasteiger partial charge < -0.3 is 5.11 Å². The average Bonchev–Trinajstić information content (AvgIpc) is 2.61. The van der Waals surface area contributed by atoms with E-state index in [1.807, 2.05) is 67.6 Å². The maximum atomic E-state index is 12.2. The zero-order chi connectivity index (χ0) is 17.6. The van der Waals surface area contributed by atoms with Crippen LogP contribution in [0.4, 0.5) is 0 Å². The minimum atomic E-state index is -0.452. The summed E-state index contributed by atoms with van der Waals surface area (Å²) in [6.45, 7) is 1.90. The van der Waals surface area contributed by atoms with Crippen molar-refractivity contribution in [2.24, 2.45) is 5.10 Å². The van der Waals surface area contributed by atoms with Crippen LogP contribution in [0, 0.1) is 0 Å². The number of phenolic OH excluding ortho intramolecular Hbond substituents is 1. The van der Waals surface area contributed by atoms with Crippen LogP contribution in [0.2, 0.25) is 0 Å². The van der Waals surface area contributed by atoms with Gasteiger partial charge in [0, 0.05) is 0 Å². The highest BCUT2D eigenvalue weighted by atomic mass is 16.3. The second-order valence-electron chi connectivity index (χ2n) is 5.71. The molecule has 0 atom stereocenters. The Morgan fingerprint density at radius 3 is 2.36 bits per heavy atom. The summed E-state index contributed by atoms with van der Waals surface area (Å²) in [4.78, 5) is 12.2. The lowest BCUT2D eigenvalue weighted by Gasteiger charge is -2.05. The Bertz CT molecular complexity index is 960. The monoisotopic (exact) mass is 330 g/mol. The Kier molecular flexibility index (Phi) is 4.90. The van der Waals surface area contributed by atoms with Crippen molar-refractivity contribution in [2.45, 2.75) is 6.92 Å². The molecule has 0 aliphatic rings. The summed E-state index contributed by atoms with van der Waals surface area (Å²) in [7, 11) is 0. The predicted octanol–water partition coefficient (Wildman–Crippen LogP) is 4.36. The molecular weight excluding hydrogens is 312 g/mol. The number of phenols is 1. The number of hydrogen-bond donors (Lipinski definition) is 2. The zero-order valence-corrected chi connectivity index (χ0v) is 13.8. The predicted molar refractivity (Wildman–Crippen MR) is 102 cm³/mol. The van der Waals surface area contributed by atoms with Crippen LogP contribution < -0.4 is 5.43 Å². The van der Waals surface area contributed by atoms with Gasteiger partial charge in [0.15, 0.2) is 0 Å². The van der Waals surface area contributed by atoms with Gasteiger partial charge in [-0.15, -0.1) is 0 Å². The molecule has 3 aromatic carbocycles. The van der Waals surface area contributed by atoms with Gasteiger partial charge in [0.05, 0.1) is 11.8 Å². The number of nitrogens with zero attached hydrogens (tertiary/aromatic N) is 1. The Balaban J connectivity index is 1.72. The minimum absolute atomic E-state index is 0.0667. The Hall–Kier alpha value is -3.40. The van der Waals surface area contributed by atoms with Gasteiger partial charge in [-0.3, -0.25) is 4.79 Å². The number of hydrazone groups is 1. The standard InChI is InChI=1S/C21H18N2O2/c1-15(11-16-7-3-2-4-8-16)14-22-23-21(25)19-12-17-9-5-6-10-18(17)13-20(19)24/h2-14,24H,1H3,(H,23,25)/b15-11+,22-14+. The normalized spacial score (nSPS) is 11.8. The first-order chi connectivity index (χ1) is 12.1. The van der Waals surface area contributed by atoms with Crippen LogP contribution in [-0.4, -0.2) is 17.2 Å². The van der Waals surface area contributed by atoms with E-state index in [0.717, 1.165) is 21.9 Å². The largest absolute Gasteiger partial charge is 0.507 e. The summed E-state index contributed by atoms with van der Waals surface area (Å²) in [6.07, 6.45) is 3.53. The minimum Gasteiger partial charge on any atom is -0.507 e. The summed E-state index contributed by atoms with van der Waals surface area (Å²) < 4.78 is 0. The molecule has 3 aromatic rings. The summed E-state index contributed by atoms with van der Waals surface area (Å²) in [5.41, 5.74) is 4.60. The molecule has 124 valence electrons. The molecule has 4 heteroatoms. The number of nitrogens with one attached hydrogen (secondary N) is 1. The van der Waals surface area contributed by atoms with Gasteiger partial charge in [-0.05, 0) is 41.0 Å². The lowest BCUT2D eigenvalue weighted by Crippen LogP contribution is -2.17. The summed E-state index contributed by atoms with van der Waals surface area (Å²) >= 11 is 0. The van der Waals surface area contributed by atoms with E-state index >= 15 is 0 Å². The lowest BCUT2D eigenvalue weighted by molar-refractivity contribution is 0.0952. The van der Waals surface area contributed by atoms with Gasteiger partial charge >= 0.3 is 0 Å². The molecule has 0 saturated carbocycles. The van der Waals surface area contributed by atoms with Crippen molar-refractivity contribution in [3.05, 3.63) is 83.4 Å². The maximum Gasteiger partial charge on any atom is 0.275 e. The average molecular weight is 330 g/mol. The summed E-state index contributed by atoms with van der Waals surface area (Å²) in [6, 6.07) is 20.6. The molecule has 0 spiro atoms. The highest BCUT2D eigenvalue weighted by molar-refractivity contribution is 6.01. The third kappa shape index (κ3) is 4.12. The highest BCUT2D eigenvalue weighted by Crippen LogP contribution is 2.24. The first-order valence-electron chi connectivity index (χ1n) is 7.92. The van der Waals surface area contributed by atoms with E-state index < -0.39 is 5.91 Å². The van der Waals surface area contributed by atoms with E-state index in [1.165, 1.54) is 0 Å². The van der Waals surface area contributed by atoms with Crippen molar-refractivity contribution in [3.8, 4) is 5.75 Å². The van der Waals surface area contributed by atoms with E-state index in [2.05, 4.69) is 10.5 Å². The van der Waals surface area contributed by atoms with E-state index in [-0.39, 0.29) is 11.3 Å². The molecule has 0 fully saturated rings. The van der Waals surface area contributed by atoms with Crippen molar-refractivity contribution >= 4 is 29.0 Å². The van der Waals surface area contributed by atoms with Gasteiger partial charge in [0.2, 0.25) is 0 Å². The molecule has 1 amide bonds. The number of carbonyl (C=O) groups excluding carboxylic acids is 1. The summed E-state index contributed by atoms with van der Waals surface area (Å²) in [5, 5.41) is 15.8. The molecule has 0 unspecified atom stereocenters. The van der Waals surface area contributed by atoms with Gasteiger partial charge in [0.25, 0.3) is 5.91 Å². The van der Waals surface area contributed by atoms with Gasteiger partial charge in [-0.25, -0.2) is 5.43 Å². The third-order valence-corrected chi connectivity index (χ3v) is 3.74. The molecule has 0 saturated heterocycles. The van der Waals surface area contributed by atoms with E-state index in [4.69, 9.17) is 0 Å². The second-order valence-corrected chi connectivity index (χ2v) is 5.71. The molecule has 25 heavy (non-hydrogen) atoms. The molecule has 0 heterocycles. The lowest BCUT2D eigenvalue weighted by atomic mass is 10.1. The maximum absolute atomic E-state index is 12.2. The number of rotatable bonds is 4. The first-order valence-corrected chi connectivity index (χ1v) is 7.92. The molecule has 0 bridgehead atoms. The highest BCUT2D eigenvalue weighted by Gasteiger charge is 2.11. The fourth-order valence-electron chi connectivity index (χ4n) is 2.51. The van der Waals surface area contributed by atoms with Crippen LogP contribution in [0.1, 0.15) is 22.8 Å². The van der Waals surface area contributed by atoms with E-state index in [9.17, 15) is 9.90 Å². The molecule has 0 radical (unpaired) electrons. The number of benzene rings is 3. The molecule has 4 nitrogen and oxygen atoms in total. The topological polar surface area (TPSA) is 61.7 Å². The van der Waals surface area contributed by atoms with Crippen molar-refractivity contribution < 1.29 is 9.90 Å². The van der Waals surface area contributed by atoms with Crippen LogP contribution in [0.25, 0.3) is 16.8 Å². The second kappa shape index (κ2) is 7.45. The number of aromatic hydroxyl groups is 1. The van der Waals surface area contributed by atoms with Crippen LogP contribution >= 0.6 is 0 Å². The van der Waals surface area contributed by atoms with Crippen molar-refractivity contribution in [1.29, 1.82) is 0 Å². The van der Waals surface area contributed by atoms with Crippen molar-refractivity contribution in [2.75, 3.05) is 0 Å². The van der Waals surface area contributed by atoms with Crippen LogP contribution in [0.5, 0.6) is 5.75 Å². The Labute approximate surface area is 146 Å². The Morgan fingerprint density at radius 1 is 1.00 bits per heavy atom. The number of allylic oxidation sites excluding steroid dienone is 1. The smallest absolute Gasteiger partial charge is 0.275 e. The zero-order valence-electron chi connectivity index (χ0n) is 13.8. The van der Waals surface area contributed by atoms with Gasteiger partial charge in [0.1, 0.15) is 5.75 Å². The molecule has 0 aliphatic heterocycles. The van der Waals surface area contributed by atoms with E-state index in [0.29, 0.717) is 0 Å². The molecule has 0 aliphatic carbocycles. The number of amides is 1. The van der Waals surface area contributed by atoms with Crippen LogP contribution in [-0.2, 0) is 0 Å². The molecule has 3 rings (SSSR count). The quantitative estimate of drug-likeness (QED) is 0.551. The summed E-state index contributed by atoms with van der Waals surface area (Å²) in [5.74, 6) is -0.519. The van der Waals surface area contributed by atoms with Gasteiger partial charge in [-0.1, -0.05) is 60.7 Å². The SMILES string of the molecule is CC(/C=N/NC(=O)c1cc2ccccc2cc1O)=C\c1ccccc1. The van der Waals surface area contributed by atoms with Crippen LogP contribution in [0.3, 0.4) is 0 Å². The fraction of sp³-hybridized carbons (Fsp3) is 0.0476. The number of fused-ring (bicyclic) bond motifs is 1. The third-order valence-electron chi connectivity index (χ3n) is 3.74.